The molecule has 1 fully saturated rings. The second kappa shape index (κ2) is 9.33. The maximum atomic E-state index is 13.2. The molecule has 1 amide bonds. The first-order valence-corrected chi connectivity index (χ1v) is 9.60. The van der Waals surface area contributed by atoms with E-state index in [2.05, 4.69) is 4.90 Å². The van der Waals surface area contributed by atoms with Gasteiger partial charge in [0.25, 0.3) is 5.91 Å². The number of ether oxygens (including phenoxy) is 3. The summed E-state index contributed by atoms with van der Waals surface area (Å²) in [5.41, 5.74) is 1.30. The first-order valence-electron chi connectivity index (χ1n) is 9.22. The minimum Gasteiger partial charge on any atom is -0.496 e. The molecule has 29 heavy (non-hydrogen) atoms. The number of hydrogen-bond acceptors (Lipinski definition) is 5. The minimum atomic E-state index is -0.349. The second-order valence-corrected chi connectivity index (χ2v) is 7.12. The lowest BCUT2D eigenvalue weighted by atomic mass is 10.1. The van der Waals surface area contributed by atoms with Crippen LogP contribution in [-0.2, 0) is 6.54 Å². The van der Waals surface area contributed by atoms with Gasteiger partial charge in [0.05, 0.1) is 26.9 Å². The molecule has 0 saturated carbocycles. The lowest BCUT2D eigenvalue weighted by molar-refractivity contribution is 0.0625. The van der Waals surface area contributed by atoms with Crippen LogP contribution in [0.1, 0.15) is 15.9 Å². The highest BCUT2D eigenvalue weighted by molar-refractivity contribution is 6.31. The average Bonchev–Trinajstić information content (AvgIpc) is 2.74. The van der Waals surface area contributed by atoms with Gasteiger partial charge in [-0.05, 0) is 17.7 Å². The zero-order chi connectivity index (χ0) is 21.0. The molecule has 6 nitrogen and oxygen atoms in total. The molecule has 0 aliphatic carbocycles. The van der Waals surface area contributed by atoms with Crippen molar-refractivity contribution in [1.82, 2.24) is 9.80 Å². The Morgan fingerprint density at radius 1 is 0.966 bits per heavy atom. The summed E-state index contributed by atoms with van der Waals surface area (Å²) in [5.74, 6) is 0.941. The van der Waals surface area contributed by atoms with E-state index in [1.165, 1.54) is 33.5 Å². The van der Waals surface area contributed by atoms with E-state index in [9.17, 15) is 9.18 Å². The number of methoxy groups -OCH3 is 3. The van der Waals surface area contributed by atoms with Crippen LogP contribution < -0.4 is 14.2 Å². The summed E-state index contributed by atoms with van der Waals surface area (Å²) >= 11 is 6.13. The van der Waals surface area contributed by atoms with E-state index in [0.29, 0.717) is 60.6 Å². The number of benzene rings is 2. The number of rotatable bonds is 6. The van der Waals surface area contributed by atoms with Gasteiger partial charge in [0, 0.05) is 49.9 Å². The molecule has 0 atom stereocenters. The molecule has 0 bridgehead atoms. The van der Waals surface area contributed by atoms with Crippen LogP contribution in [-0.4, -0.2) is 63.2 Å². The van der Waals surface area contributed by atoms with E-state index in [0.717, 1.165) is 5.56 Å². The van der Waals surface area contributed by atoms with Crippen molar-refractivity contribution in [3.05, 3.63) is 52.3 Å². The second-order valence-electron chi connectivity index (χ2n) is 6.71. The molecule has 0 spiro atoms. The third-order valence-electron chi connectivity index (χ3n) is 5.00. The van der Waals surface area contributed by atoms with Crippen LogP contribution >= 0.6 is 11.6 Å². The van der Waals surface area contributed by atoms with Crippen LogP contribution in [0.5, 0.6) is 17.2 Å². The van der Waals surface area contributed by atoms with E-state index in [1.54, 1.807) is 23.1 Å². The number of halogens is 2. The summed E-state index contributed by atoms with van der Waals surface area (Å²) in [6, 6.07) is 7.72. The molecule has 1 aliphatic heterocycles. The predicted molar refractivity (Wildman–Crippen MR) is 109 cm³/mol. The van der Waals surface area contributed by atoms with E-state index in [1.807, 2.05) is 0 Å². The number of carbonyl (C=O) groups is 1. The molecule has 8 heteroatoms. The number of amides is 1. The smallest absolute Gasteiger partial charge is 0.257 e. The molecule has 1 heterocycles. The summed E-state index contributed by atoms with van der Waals surface area (Å²) < 4.78 is 29.2. The lowest BCUT2D eigenvalue weighted by Crippen LogP contribution is -2.48. The minimum absolute atomic E-state index is 0.123. The van der Waals surface area contributed by atoms with Gasteiger partial charge in [0.15, 0.2) is 11.5 Å². The van der Waals surface area contributed by atoms with E-state index in [-0.39, 0.29) is 11.7 Å². The first kappa shape index (κ1) is 21.2. The van der Waals surface area contributed by atoms with Crippen molar-refractivity contribution in [3.63, 3.8) is 0 Å². The molecule has 3 rings (SSSR count). The van der Waals surface area contributed by atoms with Gasteiger partial charge in [-0.15, -0.1) is 0 Å². The van der Waals surface area contributed by atoms with Crippen LogP contribution in [0.25, 0.3) is 0 Å². The molecule has 156 valence electrons. The van der Waals surface area contributed by atoms with Crippen molar-refractivity contribution in [2.24, 2.45) is 0 Å². The first-order chi connectivity index (χ1) is 14.0. The number of hydrogen-bond donors (Lipinski definition) is 0. The Hall–Kier alpha value is -2.51. The molecule has 1 saturated heterocycles. The van der Waals surface area contributed by atoms with Crippen LogP contribution in [0.4, 0.5) is 4.39 Å². The van der Waals surface area contributed by atoms with E-state index in [4.69, 9.17) is 25.8 Å². The summed E-state index contributed by atoms with van der Waals surface area (Å²) in [4.78, 5) is 17.0. The molecule has 0 radical (unpaired) electrons. The molecular weight excluding hydrogens is 399 g/mol. The fourth-order valence-electron chi connectivity index (χ4n) is 3.37. The molecule has 0 N–H and O–H groups in total. The van der Waals surface area contributed by atoms with Gasteiger partial charge < -0.3 is 19.1 Å². The Balaban J connectivity index is 1.68. The Kier molecular flexibility index (Phi) is 6.82. The number of piperazine rings is 1. The SMILES string of the molecule is COc1cc(OC)c(C(=O)N2CCN(Cc3ccc(F)cc3Cl)CC2)cc1OC. The zero-order valence-electron chi connectivity index (χ0n) is 16.7. The summed E-state index contributed by atoms with van der Waals surface area (Å²) in [6.45, 7) is 3.12. The van der Waals surface area contributed by atoms with Crippen molar-refractivity contribution in [1.29, 1.82) is 0 Å². The number of carbonyl (C=O) groups excluding carboxylic acids is 1. The summed E-state index contributed by atoms with van der Waals surface area (Å²) in [6.07, 6.45) is 0. The lowest BCUT2D eigenvalue weighted by Gasteiger charge is -2.35. The van der Waals surface area contributed by atoms with E-state index >= 15 is 0 Å². The van der Waals surface area contributed by atoms with Gasteiger partial charge in [-0.2, -0.15) is 0 Å². The monoisotopic (exact) mass is 422 g/mol. The van der Waals surface area contributed by atoms with Crippen molar-refractivity contribution >= 4 is 17.5 Å². The van der Waals surface area contributed by atoms with Crippen molar-refractivity contribution < 1.29 is 23.4 Å². The highest BCUT2D eigenvalue weighted by Crippen LogP contribution is 2.35. The van der Waals surface area contributed by atoms with Crippen LogP contribution in [0.15, 0.2) is 30.3 Å². The van der Waals surface area contributed by atoms with Crippen LogP contribution in [0.3, 0.4) is 0 Å². The van der Waals surface area contributed by atoms with Gasteiger partial charge in [0.2, 0.25) is 0 Å². The maximum absolute atomic E-state index is 13.2. The van der Waals surface area contributed by atoms with Crippen molar-refractivity contribution in [2.75, 3.05) is 47.5 Å². The van der Waals surface area contributed by atoms with Crippen LogP contribution in [0, 0.1) is 5.82 Å². The fraction of sp³-hybridized carbons (Fsp3) is 0.381. The van der Waals surface area contributed by atoms with Gasteiger partial charge >= 0.3 is 0 Å². The number of nitrogens with zero attached hydrogens (tertiary/aromatic N) is 2. The molecule has 2 aromatic carbocycles. The molecular formula is C21H24ClFN2O4. The van der Waals surface area contributed by atoms with Gasteiger partial charge in [-0.3, -0.25) is 9.69 Å². The van der Waals surface area contributed by atoms with Gasteiger partial charge in [-0.1, -0.05) is 17.7 Å². The van der Waals surface area contributed by atoms with Crippen molar-refractivity contribution in [2.45, 2.75) is 6.54 Å². The van der Waals surface area contributed by atoms with Gasteiger partial charge in [-0.25, -0.2) is 4.39 Å². The maximum Gasteiger partial charge on any atom is 0.257 e. The topological polar surface area (TPSA) is 51.2 Å². The molecule has 1 aliphatic rings. The molecule has 0 aromatic heterocycles. The summed E-state index contributed by atoms with van der Waals surface area (Å²) in [7, 11) is 4.58. The Labute approximate surface area is 174 Å². The van der Waals surface area contributed by atoms with Crippen molar-refractivity contribution in [3.8, 4) is 17.2 Å². The quantitative estimate of drug-likeness (QED) is 0.713. The Morgan fingerprint density at radius 2 is 1.59 bits per heavy atom. The third-order valence-corrected chi connectivity index (χ3v) is 5.36. The van der Waals surface area contributed by atoms with Gasteiger partial charge in [0.1, 0.15) is 11.6 Å². The predicted octanol–water partition coefficient (Wildman–Crippen LogP) is 3.46. The largest absolute Gasteiger partial charge is 0.496 e. The Morgan fingerprint density at radius 3 is 2.17 bits per heavy atom. The molecule has 0 unspecified atom stereocenters. The summed E-state index contributed by atoms with van der Waals surface area (Å²) in [5, 5.41) is 0.415. The highest BCUT2D eigenvalue weighted by Gasteiger charge is 2.26. The average molecular weight is 423 g/mol. The van der Waals surface area contributed by atoms with Crippen LogP contribution in [0.2, 0.25) is 5.02 Å². The normalized spacial score (nSPS) is 14.6. The zero-order valence-corrected chi connectivity index (χ0v) is 17.5. The standard InChI is InChI=1S/C21H24ClFN2O4/c1-27-18-12-20(29-3)19(28-2)11-16(18)21(26)25-8-6-24(7-9-25)13-14-4-5-15(23)10-17(14)22/h4-5,10-12H,6-9,13H2,1-3H3. The van der Waals surface area contributed by atoms with E-state index < -0.39 is 0 Å². The molecule has 2 aromatic rings. The highest BCUT2D eigenvalue weighted by atomic mass is 35.5. The third kappa shape index (κ3) is 4.74. The Bertz CT molecular complexity index is 885. The fourth-order valence-corrected chi connectivity index (χ4v) is 3.59.